The van der Waals surface area contributed by atoms with Crippen LogP contribution in [-0.2, 0) is 11.3 Å². The molecule has 0 aliphatic carbocycles. The SMILES string of the molecule is CCN(CC1CCCO1)C(=O)c1coc(COc2ccccc2F)n1. The molecule has 1 aliphatic rings. The number of nitrogens with zero attached hydrogens (tertiary/aromatic N) is 2. The molecule has 134 valence electrons. The summed E-state index contributed by atoms with van der Waals surface area (Å²) in [6, 6.07) is 6.08. The Morgan fingerprint density at radius 1 is 1.44 bits per heavy atom. The predicted octanol–water partition coefficient (Wildman–Crippen LogP) is 3.03. The van der Waals surface area contributed by atoms with Crippen LogP contribution in [0.15, 0.2) is 34.9 Å². The Morgan fingerprint density at radius 3 is 3.00 bits per heavy atom. The van der Waals surface area contributed by atoms with Crippen LogP contribution in [0.3, 0.4) is 0 Å². The van der Waals surface area contributed by atoms with E-state index in [1.165, 1.54) is 18.4 Å². The maximum Gasteiger partial charge on any atom is 0.275 e. The lowest BCUT2D eigenvalue weighted by Crippen LogP contribution is -2.37. The number of benzene rings is 1. The summed E-state index contributed by atoms with van der Waals surface area (Å²) in [6.45, 7) is 3.72. The summed E-state index contributed by atoms with van der Waals surface area (Å²) in [5, 5.41) is 0. The molecular weight excluding hydrogens is 327 g/mol. The average Bonchev–Trinajstić information content (AvgIpc) is 3.30. The highest BCUT2D eigenvalue weighted by Crippen LogP contribution is 2.18. The molecular formula is C18H21FN2O4. The zero-order valence-electron chi connectivity index (χ0n) is 14.1. The van der Waals surface area contributed by atoms with Gasteiger partial charge in [-0.15, -0.1) is 0 Å². The van der Waals surface area contributed by atoms with Crippen LogP contribution in [0.4, 0.5) is 4.39 Å². The van der Waals surface area contributed by atoms with Gasteiger partial charge in [-0.05, 0) is 31.9 Å². The quantitative estimate of drug-likeness (QED) is 0.769. The second kappa shape index (κ2) is 8.11. The number of oxazole rings is 1. The number of likely N-dealkylation sites (N-methyl/N-ethyl adjacent to an activating group) is 1. The second-order valence-corrected chi connectivity index (χ2v) is 5.82. The maximum absolute atomic E-state index is 13.5. The number of ether oxygens (including phenoxy) is 2. The molecule has 1 unspecified atom stereocenters. The molecule has 1 aromatic heterocycles. The normalized spacial score (nSPS) is 16.8. The van der Waals surface area contributed by atoms with Crippen LogP contribution in [-0.4, -0.2) is 41.6 Å². The van der Waals surface area contributed by atoms with Gasteiger partial charge in [0.25, 0.3) is 5.91 Å². The third-order valence-electron chi connectivity index (χ3n) is 4.08. The lowest BCUT2D eigenvalue weighted by molar-refractivity contribution is 0.0534. The van der Waals surface area contributed by atoms with Gasteiger partial charge in [-0.3, -0.25) is 4.79 Å². The van der Waals surface area contributed by atoms with E-state index < -0.39 is 5.82 Å². The van der Waals surface area contributed by atoms with Crippen molar-refractivity contribution < 1.29 is 23.1 Å². The second-order valence-electron chi connectivity index (χ2n) is 5.82. The molecule has 0 saturated carbocycles. The van der Waals surface area contributed by atoms with Crippen LogP contribution >= 0.6 is 0 Å². The molecule has 1 saturated heterocycles. The Morgan fingerprint density at radius 2 is 2.28 bits per heavy atom. The molecule has 1 aliphatic heterocycles. The van der Waals surface area contributed by atoms with Gasteiger partial charge in [-0.1, -0.05) is 12.1 Å². The smallest absolute Gasteiger partial charge is 0.275 e. The average molecular weight is 348 g/mol. The third kappa shape index (κ3) is 4.36. The standard InChI is InChI=1S/C18H21FN2O4/c1-2-21(10-13-6-5-9-23-13)18(22)15-11-25-17(20-15)12-24-16-8-4-3-7-14(16)19/h3-4,7-8,11,13H,2,5-6,9-10,12H2,1H3. The summed E-state index contributed by atoms with van der Waals surface area (Å²) in [6.07, 6.45) is 3.38. The van der Waals surface area contributed by atoms with Crippen molar-refractivity contribution in [1.82, 2.24) is 9.88 Å². The van der Waals surface area contributed by atoms with E-state index in [0.717, 1.165) is 19.4 Å². The van der Waals surface area contributed by atoms with Crippen molar-refractivity contribution in [2.45, 2.75) is 32.5 Å². The fourth-order valence-electron chi connectivity index (χ4n) is 2.73. The molecule has 2 heterocycles. The minimum Gasteiger partial charge on any atom is -0.481 e. The molecule has 7 heteroatoms. The van der Waals surface area contributed by atoms with E-state index in [4.69, 9.17) is 13.9 Å². The molecule has 25 heavy (non-hydrogen) atoms. The van der Waals surface area contributed by atoms with Gasteiger partial charge in [-0.2, -0.15) is 0 Å². The number of carbonyl (C=O) groups excluding carboxylic acids is 1. The van der Waals surface area contributed by atoms with Crippen LogP contribution in [0.2, 0.25) is 0 Å². The zero-order valence-corrected chi connectivity index (χ0v) is 14.1. The van der Waals surface area contributed by atoms with Crippen LogP contribution in [0.25, 0.3) is 0 Å². The Labute approximate surface area is 145 Å². The minimum absolute atomic E-state index is 0.0495. The monoisotopic (exact) mass is 348 g/mol. The van der Waals surface area contributed by atoms with Gasteiger partial charge in [0.15, 0.2) is 23.9 Å². The Balaban J connectivity index is 1.59. The Hall–Kier alpha value is -2.41. The summed E-state index contributed by atoms with van der Waals surface area (Å²) in [7, 11) is 0. The third-order valence-corrected chi connectivity index (χ3v) is 4.08. The van der Waals surface area contributed by atoms with Crippen molar-refractivity contribution in [3.05, 3.63) is 47.9 Å². The van der Waals surface area contributed by atoms with Crippen LogP contribution in [0.5, 0.6) is 5.75 Å². The largest absolute Gasteiger partial charge is 0.481 e. The van der Waals surface area contributed by atoms with E-state index in [9.17, 15) is 9.18 Å². The van der Waals surface area contributed by atoms with Crippen LogP contribution in [0, 0.1) is 5.82 Å². The minimum atomic E-state index is -0.459. The number of halogens is 1. The topological polar surface area (TPSA) is 64.8 Å². The number of para-hydroxylation sites is 1. The van der Waals surface area contributed by atoms with Gasteiger partial charge in [0, 0.05) is 19.7 Å². The maximum atomic E-state index is 13.5. The summed E-state index contributed by atoms with van der Waals surface area (Å²) < 4.78 is 29.7. The highest BCUT2D eigenvalue weighted by molar-refractivity contribution is 5.92. The number of hydrogen-bond acceptors (Lipinski definition) is 5. The summed E-state index contributed by atoms with van der Waals surface area (Å²) in [5.41, 5.74) is 0.215. The van der Waals surface area contributed by atoms with Crippen molar-refractivity contribution in [3.8, 4) is 5.75 Å². The van der Waals surface area contributed by atoms with Crippen molar-refractivity contribution in [1.29, 1.82) is 0 Å². The molecule has 1 fully saturated rings. The number of aromatic nitrogens is 1. The van der Waals surface area contributed by atoms with E-state index in [-0.39, 0.29) is 36.0 Å². The van der Waals surface area contributed by atoms with E-state index in [1.807, 2.05) is 6.92 Å². The number of rotatable bonds is 7. The number of amides is 1. The van der Waals surface area contributed by atoms with Gasteiger partial charge >= 0.3 is 0 Å². The van der Waals surface area contributed by atoms with E-state index in [2.05, 4.69) is 4.98 Å². The highest BCUT2D eigenvalue weighted by atomic mass is 19.1. The molecule has 1 atom stereocenters. The molecule has 3 rings (SSSR count). The first kappa shape index (κ1) is 17.4. The highest BCUT2D eigenvalue weighted by Gasteiger charge is 2.24. The van der Waals surface area contributed by atoms with Crippen LogP contribution in [0.1, 0.15) is 36.1 Å². The summed E-state index contributed by atoms with van der Waals surface area (Å²) in [5.74, 6) is -0.333. The summed E-state index contributed by atoms with van der Waals surface area (Å²) in [4.78, 5) is 18.4. The first-order valence-electron chi connectivity index (χ1n) is 8.40. The van der Waals surface area contributed by atoms with Crippen LogP contribution < -0.4 is 4.74 Å². The lowest BCUT2D eigenvalue weighted by Gasteiger charge is -2.22. The molecule has 0 N–H and O–H groups in total. The molecule has 0 radical (unpaired) electrons. The molecule has 1 amide bonds. The Kier molecular flexibility index (Phi) is 5.65. The molecule has 6 nitrogen and oxygen atoms in total. The van der Waals surface area contributed by atoms with Gasteiger partial charge in [-0.25, -0.2) is 9.37 Å². The van der Waals surface area contributed by atoms with E-state index in [1.54, 1.807) is 17.0 Å². The fraction of sp³-hybridized carbons (Fsp3) is 0.444. The van der Waals surface area contributed by atoms with Gasteiger partial charge < -0.3 is 18.8 Å². The zero-order chi connectivity index (χ0) is 17.6. The number of hydrogen-bond donors (Lipinski definition) is 0. The molecule has 0 bridgehead atoms. The fourth-order valence-corrected chi connectivity index (χ4v) is 2.73. The van der Waals surface area contributed by atoms with Crippen molar-refractivity contribution in [2.24, 2.45) is 0 Å². The van der Waals surface area contributed by atoms with Gasteiger partial charge in [0.1, 0.15) is 6.26 Å². The first-order valence-corrected chi connectivity index (χ1v) is 8.40. The van der Waals surface area contributed by atoms with E-state index in [0.29, 0.717) is 13.1 Å². The molecule has 2 aromatic rings. The molecule has 1 aromatic carbocycles. The summed E-state index contributed by atoms with van der Waals surface area (Å²) >= 11 is 0. The number of carbonyl (C=O) groups is 1. The lowest BCUT2D eigenvalue weighted by atomic mass is 10.2. The first-order chi connectivity index (χ1) is 12.2. The van der Waals surface area contributed by atoms with Crippen molar-refractivity contribution in [3.63, 3.8) is 0 Å². The van der Waals surface area contributed by atoms with Gasteiger partial charge in [0.2, 0.25) is 5.89 Å². The van der Waals surface area contributed by atoms with Gasteiger partial charge in [0.05, 0.1) is 6.10 Å². The van der Waals surface area contributed by atoms with E-state index >= 15 is 0 Å². The Bertz CT molecular complexity index is 713. The van der Waals surface area contributed by atoms with Crippen molar-refractivity contribution >= 4 is 5.91 Å². The molecule has 0 spiro atoms. The van der Waals surface area contributed by atoms with Crippen molar-refractivity contribution in [2.75, 3.05) is 19.7 Å². The predicted molar refractivity (Wildman–Crippen MR) is 87.8 cm³/mol.